The van der Waals surface area contributed by atoms with Crippen LogP contribution in [0.1, 0.15) is 0 Å². The Bertz CT molecular complexity index is 825. The number of halogens is 1. The van der Waals surface area contributed by atoms with E-state index in [2.05, 4.69) is 25.6 Å². The molecule has 3 rings (SSSR count). The first-order chi connectivity index (χ1) is 9.04. The van der Waals surface area contributed by atoms with Gasteiger partial charge in [0.1, 0.15) is 4.21 Å². The van der Waals surface area contributed by atoms with Gasteiger partial charge in [-0.3, -0.25) is 4.72 Å². The molecule has 0 fully saturated rings. The van der Waals surface area contributed by atoms with Gasteiger partial charge in [0.15, 0.2) is 5.13 Å². The van der Waals surface area contributed by atoms with Crippen LogP contribution in [-0.2, 0) is 10.0 Å². The van der Waals surface area contributed by atoms with Gasteiger partial charge in [0, 0.05) is 4.47 Å². The lowest BCUT2D eigenvalue weighted by atomic mass is 10.3. The Balaban J connectivity index is 1.98. The Morgan fingerprint density at radius 2 is 2.11 bits per heavy atom. The second-order valence-corrected chi connectivity index (χ2v) is 8.47. The summed E-state index contributed by atoms with van der Waals surface area (Å²) in [7, 11) is -3.52. The Labute approximate surface area is 126 Å². The third kappa shape index (κ3) is 2.66. The third-order valence-corrected chi connectivity index (χ3v) is 6.62. The maximum absolute atomic E-state index is 12.1. The maximum Gasteiger partial charge on any atom is 0.273 e. The highest BCUT2D eigenvalue weighted by molar-refractivity contribution is 9.10. The van der Waals surface area contributed by atoms with Gasteiger partial charge >= 0.3 is 0 Å². The van der Waals surface area contributed by atoms with E-state index in [9.17, 15) is 8.42 Å². The molecule has 0 amide bonds. The molecule has 0 saturated carbocycles. The number of nitrogens with zero attached hydrogens (tertiary/aromatic N) is 1. The zero-order valence-corrected chi connectivity index (χ0v) is 13.4. The minimum absolute atomic E-state index is 0.285. The fourth-order valence-corrected chi connectivity index (χ4v) is 5.17. The lowest BCUT2D eigenvalue weighted by Crippen LogP contribution is -2.10. The van der Waals surface area contributed by atoms with E-state index in [-0.39, 0.29) is 4.21 Å². The van der Waals surface area contributed by atoms with Crippen molar-refractivity contribution in [3.05, 3.63) is 40.2 Å². The molecule has 0 atom stereocenters. The highest BCUT2D eigenvalue weighted by Gasteiger charge is 2.17. The Morgan fingerprint density at radius 1 is 1.26 bits per heavy atom. The van der Waals surface area contributed by atoms with E-state index in [1.54, 1.807) is 17.5 Å². The molecule has 19 heavy (non-hydrogen) atoms. The van der Waals surface area contributed by atoms with Crippen LogP contribution in [0.2, 0.25) is 0 Å². The average molecular weight is 375 g/mol. The highest BCUT2D eigenvalue weighted by Crippen LogP contribution is 2.30. The van der Waals surface area contributed by atoms with Crippen molar-refractivity contribution in [2.45, 2.75) is 4.21 Å². The fraction of sp³-hybridized carbons (Fsp3) is 0. The largest absolute Gasteiger partial charge is 0.273 e. The fourth-order valence-electron chi connectivity index (χ4n) is 1.52. The number of nitrogens with one attached hydrogen (secondary N) is 1. The van der Waals surface area contributed by atoms with Gasteiger partial charge in [0.2, 0.25) is 0 Å². The summed E-state index contributed by atoms with van der Waals surface area (Å²) >= 11 is 5.86. The standard InChI is InChI=1S/C11H7BrN2O2S3/c12-7-3-4-8-9(6-7)18-11(13-8)14-19(15,16)10-2-1-5-17-10/h1-6H,(H,13,14). The van der Waals surface area contributed by atoms with Crippen molar-refractivity contribution in [3.8, 4) is 0 Å². The van der Waals surface area contributed by atoms with Crippen LogP contribution in [0, 0.1) is 0 Å². The van der Waals surface area contributed by atoms with Crippen molar-refractivity contribution < 1.29 is 8.42 Å². The molecule has 2 heterocycles. The highest BCUT2D eigenvalue weighted by atomic mass is 79.9. The SMILES string of the molecule is O=S(=O)(Nc1nc2ccc(Br)cc2s1)c1cccs1. The van der Waals surface area contributed by atoms with Crippen LogP contribution in [0.3, 0.4) is 0 Å². The van der Waals surface area contributed by atoms with Gasteiger partial charge in [-0.05, 0) is 29.6 Å². The average Bonchev–Trinajstić information content (AvgIpc) is 2.95. The van der Waals surface area contributed by atoms with E-state index in [1.807, 2.05) is 18.2 Å². The topological polar surface area (TPSA) is 59.1 Å². The van der Waals surface area contributed by atoms with Crippen molar-refractivity contribution in [1.29, 1.82) is 0 Å². The van der Waals surface area contributed by atoms with Crippen LogP contribution in [0.25, 0.3) is 10.2 Å². The van der Waals surface area contributed by atoms with Gasteiger partial charge in [0.25, 0.3) is 10.0 Å². The number of benzene rings is 1. The molecule has 0 spiro atoms. The van der Waals surface area contributed by atoms with Crippen LogP contribution in [-0.4, -0.2) is 13.4 Å². The summed E-state index contributed by atoms with van der Waals surface area (Å²) in [6.07, 6.45) is 0. The van der Waals surface area contributed by atoms with E-state index in [0.717, 1.165) is 14.7 Å². The third-order valence-electron chi connectivity index (χ3n) is 2.33. The zero-order chi connectivity index (χ0) is 13.5. The Hall–Kier alpha value is -0.960. The lowest BCUT2D eigenvalue weighted by molar-refractivity contribution is 0.603. The number of aromatic nitrogens is 1. The van der Waals surface area contributed by atoms with E-state index in [0.29, 0.717) is 5.13 Å². The van der Waals surface area contributed by atoms with E-state index < -0.39 is 10.0 Å². The monoisotopic (exact) mass is 374 g/mol. The molecule has 98 valence electrons. The van der Waals surface area contributed by atoms with Gasteiger partial charge in [-0.25, -0.2) is 13.4 Å². The summed E-state index contributed by atoms with van der Waals surface area (Å²) in [5.74, 6) is 0. The number of hydrogen-bond acceptors (Lipinski definition) is 5. The van der Waals surface area contributed by atoms with Gasteiger partial charge in [-0.2, -0.15) is 0 Å². The molecule has 8 heteroatoms. The summed E-state index contributed by atoms with van der Waals surface area (Å²) in [4.78, 5) is 4.26. The number of rotatable bonds is 3. The van der Waals surface area contributed by atoms with Crippen molar-refractivity contribution in [2.24, 2.45) is 0 Å². The summed E-state index contributed by atoms with van der Waals surface area (Å²) in [6, 6.07) is 8.90. The van der Waals surface area contributed by atoms with Gasteiger partial charge in [-0.1, -0.05) is 33.3 Å². The van der Waals surface area contributed by atoms with Gasteiger partial charge < -0.3 is 0 Å². The van der Waals surface area contributed by atoms with Crippen LogP contribution in [0.4, 0.5) is 5.13 Å². The van der Waals surface area contributed by atoms with Crippen LogP contribution in [0.15, 0.2) is 44.4 Å². The zero-order valence-electron chi connectivity index (χ0n) is 9.33. The molecule has 0 radical (unpaired) electrons. The quantitative estimate of drug-likeness (QED) is 0.755. The van der Waals surface area contributed by atoms with Crippen LogP contribution < -0.4 is 4.72 Å². The molecule has 0 unspecified atom stereocenters. The second-order valence-electron chi connectivity index (χ2n) is 3.67. The number of hydrogen-bond donors (Lipinski definition) is 1. The molecule has 3 aromatic rings. The lowest BCUT2D eigenvalue weighted by Gasteiger charge is -2.00. The molecule has 0 saturated heterocycles. The number of sulfonamides is 1. The van der Waals surface area contributed by atoms with E-state index >= 15 is 0 Å². The van der Waals surface area contributed by atoms with Gasteiger partial charge in [0.05, 0.1) is 10.2 Å². The van der Waals surface area contributed by atoms with Crippen molar-refractivity contribution in [3.63, 3.8) is 0 Å². The predicted octanol–water partition coefficient (Wildman–Crippen LogP) is 3.92. The molecule has 0 aliphatic carbocycles. The van der Waals surface area contributed by atoms with E-state index in [1.165, 1.54) is 22.7 Å². The number of fused-ring (bicyclic) bond motifs is 1. The number of thiazole rings is 1. The molecule has 0 aliphatic rings. The maximum atomic E-state index is 12.1. The normalized spacial score (nSPS) is 11.8. The molecular formula is C11H7BrN2O2S3. The van der Waals surface area contributed by atoms with Crippen LogP contribution in [0.5, 0.6) is 0 Å². The van der Waals surface area contributed by atoms with Crippen LogP contribution >= 0.6 is 38.6 Å². The smallest absolute Gasteiger partial charge is 0.254 e. The molecule has 1 N–H and O–H groups in total. The Morgan fingerprint density at radius 3 is 2.84 bits per heavy atom. The molecule has 0 aliphatic heterocycles. The van der Waals surface area contributed by atoms with Crippen molar-refractivity contribution in [2.75, 3.05) is 4.72 Å². The first kappa shape index (κ1) is 13.0. The minimum Gasteiger partial charge on any atom is -0.254 e. The predicted molar refractivity (Wildman–Crippen MR) is 82.4 cm³/mol. The second kappa shape index (κ2) is 4.86. The summed E-state index contributed by atoms with van der Waals surface area (Å²) in [5, 5.41) is 2.10. The van der Waals surface area contributed by atoms with E-state index in [4.69, 9.17) is 0 Å². The van der Waals surface area contributed by atoms with Crippen molar-refractivity contribution >= 4 is 64.0 Å². The molecule has 4 nitrogen and oxygen atoms in total. The first-order valence-corrected chi connectivity index (χ1v) is 9.14. The number of anilines is 1. The number of thiophene rings is 1. The van der Waals surface area contributed by atoms with Crippen molar-refractivity contribution in [1.82, 2.24) is 4.98 Å². The molecule has 2 aromatic heterocycles. The summed E-state index contributed by atoms with van der Waals surface area (Å²) < 4.78 is 28.8. The summed E-state index contributed by atoms with van der Waals surface area (Å²) in [6.45, 7) is 0. The van der Waals surface area contributed by atoms with Gasteiger partial charge in [-0.15, -0.1) is 11.3 Å². The minimum atomic E-state index is -3.52. The molecule has 0 bridgehead atoms. The summed E-state index contributed by atoms with van der Waals surface area (Å²) in [5.41, 5.74) is 0.775. The molecular weight excluding hydrogens is 368 g/mol. The molecule has 1 aromatic carbocycles. The first-order valence-electron chi connectivity index (χ1n) is 5.17. The Kier molecular flexibility index (Phi) is 3.34.